The van der Waals surface area contributed by atoms with Crippen molar-refractivity contribution >= 4 is 38.8 Å². The fourth-order valence-electron chi connectivity index (χ4n) is 3.17. The SMILES string of the molecule is O=C(O)c1ccc(CCc2ccccc2)cc1Nc1ccc2sccc2c1. The largest absolute Gasteiger partial charge is 0.478 e. The van der Waals surface area contributed by atoms with Crippen molar-refractivity contribution in [3.63, 3.8) is 0 Å². The molecule has 0 bridgehead atoms. The Kier molecular flexibility index (Phi) is 4.90. The maximum absolute atomic E-state index is 11.6. The summed E-state index contributed by atoms with van der Waals surface area (Å²) in [5.74, 6) is -0.927. The van der Waals surface area contributed by atoms with Gasteiger partial charge < -0.3 is 10.4 Å². The summed E-state index contributed by atoms with van der Waals surface area (Å²) in [5, 5.41) is 16.1. The van der Waals surface area contributed by atoms with Crippen LogP contribution in [0.25, 0.3) is 10.1 Å². The van der Waals surface area contributed by atoms with Gasteiger partial charge in [-0.3, -0.25) is 0 Å². The van der Waals surface area contributed by atoms with Crippen LogP contribution in [0.1, 0.15) is 21.5 Å². The molecule has 27 heavy (non-hydrogen) atoms. The number of benzene rings is 3. The average molecular weight is 373 g/mol. The van der Waals surface area contributed by atoms with Crippen molar-refractivity contribution in [2.24, 2.45) is 0 Å². The monoisotopic (exact) mass is 373 g/mol. The quantitative estimate of drug-likeness (QED) is 0.427. The van der Waals surface area contributed by atoms with Gasteiger partial charge in [-0.1, -0.05) is 36.4 Å². The third-order valence-corrected chi connectivity index (χ3v) is 5.49. The molecule has 0 fully saturated rings. The Labute approximate surface area is 161 Å². The zero-order chi connectivity index (χ0) is 18.6. The molecule has 1 aromatic heterocycles. The molecular weight excluding hydrogens is 354 g/mol. The number of thiophene rings is 1. The second-order valence-corrected chi connectivity index (χ2v) is 7.42. The molecule has 0 aliphatic carbocycles. The highest BCUT2D eigenvalue weighted by Crippen LogP contribution is 2.28. The van der Waals surface area contributed by atoms with Gasteiger partial charge in [0.1, 0.15) is 0 Å². The third kappa shape index (κ3) is 4.01. The van der Waals surface area contributed by atoms with E-state index in [9.17, 15) is 9.90 Å². The topological polar surface area (TPSA) is 49.3 Å². The molecule has 3 aromatic carbocycles. The molecule has 0 aliphatic heterocycles. The van der Waals surface area contributed by atoms with Crippen molar-refractivity contribution in [3.8, 4) is 0 Å². The van der Waals surface area contributed by atoms with Crippen LogP contribution < -0.4 is 5.32 Å². The number of anilines is 2. The van der Waals surface area contributed by atoms with Gasteiger partial charge in [-0.25, -0.2) is 4.79 Å². The van der Waals surface area contributed by atoms with Crippen LogP contribution in [-0.4, -0.2) is 11.1 Å². The van der Waals surface area contributed by atoms with E-state index in [0.717, 1.165) is 29.5 Å². The molecule has 3 nitrogen and oxygen atoms in total. The van der Waals surface area contributed by atoms with Gasteiger partial charge >= 0.3 is 5.97 Å². The first-order chi connectivity index (χ1) is 13.2. The molecule has 0 unspecified atom stereocenters. The van der Waals surface area contributed by atoms with Crippen LogP contribution in [0.3, 0.4) is 0 Å². The zero-order valence-electron chi connectivity index (χ0n) is 14.7. The Bertz CT molecular complexity index is 1090. The molecule has 0 saturated carbocycles. The van der Waals surface area contributed by atoms with Crippen molar-refractivity contribution < 1.29 is 9.90 Å². The van der Waals surface area contributed by atoms with Crippen LogP contribution in [0, 0.1) is 0 Å². The highest BCUT2D eigenvalue weighted by atomic mass is 32.1. The van der Waals surface area contributed by atoms with Crippen LogP contribution in [0.5, 0.6) is 0 Å². The Morgan fingerprint density at radius 3 is 2.52 bits per heavy atom. The summed E-state index contributed by atoms with van der Waals surface area (Å²) in [6.07, 6.45) is 1.79. The summed E-state index contributed by atoms with van der Waals surface area (Å²) in [4.78, 5) is 11.6. The van der Waals surface area contributed by atoms with E-state index >= 15 is 0 Å². The average Bonchev–Trinajstić information content (AvgIpc) is 3.15. The molecule has 0 saturated heterocycles. The molecule has 0 radical (unpaired) electrons. The maximum Gasteiger partial charge on any atom is 0.337 e. The summed E-state index contributed by atoms with van der Waals surface area (Å²) in [7, 11) is 0. The van der Waals surface area contributed by atoms with E-state index < -0.39 is 5.97 Å². The Hall–Kier alpha value is -3.11. The van der Waals surface area contributed by atoms with Crippen LogP contribution in [-0.2, 0) is 12.8 Å². The lowest BCUT2D eigenvalue weighted by atomic mass is 10.0. The molecule has 0 spiro atoms. The fourth-order valence-corrected chi connectivity index (χ4v) is 3.94. The number of carbonyl (C=O) groups is 1. The summed E-state index contributed by atoms with van der Waals surface area (Å²) in [6.45, 7) is 0. The number of carboxylic acid groups (broad SMARTS) is 1. The second-order valence-electron chi connectivity index (χ2n) is 6.47. The predicted molar refractivity (Wildman–Crippen MR) is 112 cm³/mol. The predicted octanol–water partition coefficient (Wildman–Crippen LogP) is 6.13. The number of carboxylic acids is 1. The number of hydrogen-bond donors (Lipinski definition) is 2. The number of nitrogens with one attached hydrogen (secondary N) is 1. The lowest BCUT2D eigenvalue weighted by molar-refractivity contribution is 0.0698. The van der Waals surface area contributed by atoms with Crippen molar-refractivity contribution in [3.05, 3.63) is 94.9 Å². The first kappa shape index (κ1) is 17.3. The summed E-state index contributed by atoms with van der Waals surface area (Å²) >= 11 is 1.70. The number of aromatic carboxylic acids is 1. The Morgan fingerprint density at radius 2 is 1.70 bits per heavy atom. The Balaban J connectivity index is 1.59. The van der Waals surface area contributed by atoms with Crippen LogP contribution in [0.4, 0.5) is 11.4 Å². The van der Waals surface area contributed by atoms with E-state index in [-0.39, 0.29) is 5.56 Å². The molecule has 0 aliphatic rings. The lowest BCUT2D eigenvalue weighted by Crippen LogP contribution is -2.04. The number of fused-ring (bicyclic) bond motifs is 1. The summed E-state index contributed by atoms with van der Waals surface area (Å²) < 4.78 is 1.22. The van der Waals surface area contributed by atoms with E-state index in [1.54, 1.807) is 17.4 Å². The molecule has 134 valence electrons. The molecule has 0 atom stereocenters. The molecule has 4 aromatic rings. The maximum atomic E-state index is 11.6. The van der Waals surface area contributed by atoms with Crippen LogP contribution in [0.2, 0.25) is 0 Å². The van der Waals surface area contributed by atoms with Gasteiger partial charge in [0.15, 0.2) is 0 Å². The van der Waals surface area contributed by atoms with E-state index in [0.29, 0.717) is 5.69 Å². The normalized spacial score (nSPS) is 10.8. The van der Waals surface area contributed by atoms with Crippen LogP contribution >= 0.6 is 11.3 Å². The molecule has 0 amide bonds. The van der Waals surface area contributed by atoms with Gasteiger partial charge in [0.25, 0.3) is 0 Å². The first-order valence-corrected chi connectivity index (χ1v) is 9.71. The van der Waals surface area contributed by atoms with E-state index in [4.69, 9.17) is 0 Å². The minimum atomic E-state index is -0.927. The summed E-state index contributed by atoms with van der Waals surface area (Å²) in [6, 6.07) is 24.0. The van der Waals surface area contributed by atoms with Crippen molar-refractivity contribution in [1.29, 1.82) is 0 Å². The molecule has 4 heteroatoms. The van der Waals surface area contributed by atoms with E-state index in [2.05, 4.69) is 35.0 Å². The van der Waals surface area contributed by atoms with Gasteiger partial charge in [-0.15, -0.1) is 11.3 Å². The first-order valence-electron chi connectivity index (χ1n) is 8.83. The lowest BCUT2D eigenvalue weighted by Gasteiger charge is -2.12. The minimum absolute atomic E-state index is 0.281. The van der Waals surface area contributed by atoms with Gasteiger partial charge in [-0.05, 0) is 71.1 Å². The smallest absolute Gasteiger partial charge is 0.337 e. The molecular formula is C23H19NO2S. The van der Waals surface area contributed by atoms with Gasteiger partial charge in [0.2, 0.25) is 0 Å². The van der Waals surface area contributed by atoms with E-state index in [1.165, 1.54) is 10.3 Å². The number of rotatable bonds is 6. The zero-order valence-corrected chi connectivity index (χ0v) is 15.5. The standard InChI is InChI=1S/C23H19NO2S/c25-23(26)20-10-8-17(7-6-16-4-2-1-3-5-16)14-21(20)24-19-9-11-22-18(15-19)12-13-27-22/h1-5,8-15,24H,6-7H2,(H,25,26). The van der Waals surface area contributed by atoms with Crippen molar-refractivity contribution in [2.75, 3.05) is 5.32 Å². The highest BCUT2D eigenvalue weighted by Gasteiger charge is 2.12. The van der Waals surface area contributed by atoms with Crippen molar-refractivity contribution in [1.82, 2.24) is 0 Å². The fraction of sp³-hybridized carbons (Fsp3) is 0.0870. The summed E-state index contributed by atoms with van der Waals surface area (Å²) in [5.41, 5.74) is 4.19. The molecule has 2 N–H and O–H groups in total. The van der Waals surface area contributed by atoms with Crippen molar-refractivity contribution in [2.45, 2.75) is 12.8 Å². The second kappa shape index (κ2) is 7.64. The van der Waals surface area contributed by atoms with Gasteiger partial charge in [0, 0.05) is 10.4 Å². The van der Waals surface area contributed by atoms with Gasteiger partial charge in [-0.2, -0.15) is 0 Å². The number of hydrogen-bond acceptors (Lipinski definition) is 3. The van der Waals surface area contributed by atoms with E-state index in [1.807, 2.05) is 42.5 Å². The number of aryl methyl sites for hydroxylation is 2. The van der Waals surface area contributed by atoms with Gasteiger partial charge in [0.05, 0.1) is 11.3 Å². The molecule has 1 heterocycles. The minimum Gasteiger partial charge on any atom is -0.478 e. The third-order valence-electron chi connectivity index (χ3n) is 4.59. The Morgan fingerprint density at radius 1 is 0.889 bits per heavy atom. The highest BCUT2D eigenvalue weighted by molar-refractivity contribution is 7.17. The van der Waals surface area contributed by atoms with Crippen LogP contribution in [0.15, 0.2) is 78.2 Å². The molecule has 4 rings (SSSR count).